The van der Waals surface area contributed by atoms with E-state index in [1.807, 2.05) is 50.2 Å². The summed E-state index contributed by atoms with van der Waals surface area (Å²) in [4.78, 5) is 25.1. The highest BCUT2D eigenvalue weighted by atomic mass is 16.5. The summed E-state index contributed by atoms with van der Waals surface area (Å²) in [5.74, 6) is 0.137. The normalized spacial score (nSPS) is 20.7. The van der Waals surface area contributed by atoms with E-state index in [0.717, 1.165) is 35.6 Å². The Kier molecular flexibility index (Phi) is 8.68. The van der Waals surface area contributed by atoms with E-state index in [2.05, 4.69) is 12.2 Å². The van der Waals surface area contributed by atoms with Gasteiger partial charge in [0.25, 0.3) is 0 Å². The van der Waals surface area contributed by atoms with Gasteiger partial charge in [0.1, 0.15) is 5.75 Å². The molecule has 1 amide bonds. The monoisotopic (exact) mass is 439 g/mol. The molecular formula is C27H37NO4. The largest absolute Gasteiger partial charge is 0.426 e. The van der Waals surface area contributed by atoms with E-state index < -0.39 is 0 Å². The van der Waals surface area contributed by atoms with Crippen LogP contribution in [0.5, 0.6) is 5.75 Å². The minimum atomic E-state index is -0.320. The summed E-state index contributed by atoms with van der Waals surface area (Å²) >= 11 is 0. The van der Waals surface area contributed by atoms with Gasteiger partial charge in [-0.25, -0.2) is 0 Å². The van der Waals surface area contributed by atoms with E-state index in [0.29, 0.717) is 12.2 Å². The quantitative estimate of drug-likeness (QED) is 0.281. The third-order valence-electron chi connectivity index (χ3n) is 6.60. The van der Waals surface area contributed by atoms with Crippen molar-refractivity contribution in [3.05, 3.63) is 42.0 Å². The van der Waals surface area contributed by atoms with Crippen molar-refractivity contribution in [1.82, 2.24) is 5.32 Å². The number of carbonyl (C=O) groups is 2. The van der Waals surface area contributed by atoms with Crippen LogP contribution in [0.25, 0.3) is 10.8 Å². The molecule has 0 saturated carbocycles. The number of esters is 1. The molecule has 1 aliphatic rings. The number of hydrogen-bond donors (Lipinski definition) is 2. The Bertz CT molecular complexity index is 923. The number of aliphatic hydroxyl groups excluding tert-OH is 1. The molecule has 1 heterocycles. The van der Waals surface area contributed by atoms with Crippen LogP contribution in [0.4, 0.5) is 0 Å². The minimum Gasteiger partial charge on any atom is -0.426 e. The molecule has 32 heavy (non-hydrogen) atoms. The maximum atomic E-state index is 12.6. The molecule has 0 radical (unpaired) electrons. The predicted octanol–water partition coefficient (Wildman–Crippen LogP) is 5.34. The summed E-state index contributed by atoms with van der Waals surface area (Å²) in [5.41, 5.74) is 1.01. The number of unbranched alkanes of at least 4 members (excludes halogenated alkanes) is 5. The first-order valence-electron chi connectivity index (χ1n) is 12.1. The Morgan fingerprint density at radius 1 is 1.03 bits per heavy atom. The second kappa shape index (κ2) is 11.5. The van der Waals surface area contributed by atoms with Crippen LogP contribution in [0.2, 0.25) is 0 Å². The fourth-order valence-corrected chi connectivity index (χ4v) is 4.97. The Morgan fingerprint density at radius 3 is 2.41 bits per heavy atom. The molecule has 1 saturated heterocycles. The van der Waals surface area contributed by atoms with Crippen LogP contribution in [-0.2, 0) is 9.59 Å². The van der Waals surface area contributed by atoms with Crippen LogP contribution < -0.4 is 10.1 Å². The molecule has 2 N–H and O–H groups in total. The van der Waals surface area contributed by atoms with Gasteiger partial charge in [-0.3, -0.25) is 9.59 Å². The molecule has 5 heteroatoms. The van der Waals surface area contributed by atoms with E-state index in [9.17, 15) is 14.7 Å². The van der Waals surface area contributed by atoms with E-state index in [4.69, 9.17) is 4.74 Å². The lowest BCUT2D eigenvalue weighted by Gasteiger charge is -2.26. The SMILES string of the molecule is CCCCCCCCC(=O)Oc1ccc(C2[C@@H](C(C)C)C(=O)N[C@@H]2CO)c2ccccc12. The predicted molar refractivity (Wildman–Crippen MR) is 128 cm³/mol. The van der Waals surface area contributed by atoms with Crippen molar-refractivity contribution in [3.8, 4) is 5.75 Å². The highest BCUT2D eigenvalue weighted by molar-refractivity contribution is 5.94. The van der Waals surface area contributed by atoms with Crippen molar-refractivity contribution in [3.63, 3.8) is 0 Å². The lowest BCUT2D eigenvalue weighted by atomic mass is 9.77. The Labute approximate surface area is 191 Å². The Hall–Kier alpha value is -2.40. The number of carbonyl (C=O) groups excluding carboxylic acids is 2. The number of fused-ring (bicyclic) bond motifs is 1. The summed E-state index contributed by atoms with van der Waals surface area (Å²) < 4.78 is 5.75. The van der Waals surface area contributed by atoms with E-state index in [1.165, 1.54) is 19.3 Å². The van der Waals surface area contributed by atoms with Crippen molar-refractivity contribution in [1.29, 1.82) is 0 Å². The Morgan fingerprint density at radius 2 is 1.72 bits per heavy atom. The lowest BCUT2D eigenvalue weighted by molar-refractivity contribution is -0.134. The first-order chi connectivity index (χ1) is 15.5. The Balaban J connectivity index is 1.80. The van der Waals surface area contributed by atoms with Crippen LogP contribution >= 0.6 is 0 Å². The van der Waals surface area contributed by atoms with Gasteiger partial charge < -0.3 is 15.2 Å². The van der Waals surface area contributed by atoms with Crippen molar-refractivity contribution < 1.29 is 19.4 Å². The molecule has 2 aromatic carbocycles. The molecule has 3 rings (SSSR count). The van der Waals surface area contributed by atoms with Gasteiger partial charge in [0, 0.05) is 23.6 Å². The molecule has 0 aliphatic carbocycles. The van der Waals surface area contributed by atoms with E-state index in [-0.39, 0.29) is 42.3 Å². The summed E-state index contributed by atoms with van der Waals surface area (Å²) in [6.07, 6.45) is 7.18. The lowest BCUT2D eigenvalue weighted by Crippen LogP contribution is -2.31. The van der Waals surface area contributed by atoms with Crippen LogP contribution in [0.15, 0.2) is 36.4 Å². The van der Waals surface area contributed by atoms with Gasteiger partial charge in [0.2, 0.25) is 5.91 Å². The van der Waals surface area contributed by atoms with E-state index >= 15 is 0 Å². The molecule has 2 aromatic rings. The van der Waals surface area contributed by atoms with Gasteiger partial charge in [0.15, 0.2) is 0 Å². The maximum Gasteiger partial charge on any atom is 0.311 e. The molecule has 0 aromatic heterocycles. The second-order valence-electron chi connectivity index (χ2n) is 9.28. The third-order valence-corrected chi connectivity index (χ3v) is 6.60. The average Bonchev–Trinajstić information content (AvgIpc) is 3.12. The first-order valence-corrected chi connectivity index (χ1v) is 12.1. The summed E-state index contributed by atoms with van der Waals surface area (Å²) in [6.45, 7) is 6.17. The zero-order valence-electron chi connectivity index (χ0n) is 19.6. The van der Waals surface area contributed by atoms with Crippen molar-refractivity contribution in [2.45, 2.75) is 77.7 Å². The van der Waals surface area contributed by atoms with Gasteiger partial charge in [-0.1, -0.05) is 83.2 Å². The number of ether oxygens (including phenoxy) is 1. The highest BCUT2D eigenvalue weighted by Gasteiger charge is 2.44. The fraction of sp³-hybridized carbons (Fsp3) is 0.556. The second-order valence-corrected chi connectivity index (χ2v) is 9.28. The molecule has 1 unspecified atom stereocenters. The maximum absolute atomic E-state index is 12.6. The molecular weight excluding hydrogens is 402 g/mol. The van der Waals surface area contributed by atoms with Gasteiger partial charge in [0.05, 0.1) is 12.6 Å². The highest BCUT2D eigenvalue weighted by Crippen LogP contribution is 2.42. The zero-order chi connectivity index (χ0) is 23.1. The summed E-state index contributed by atoms with van der Waals surface area (Å²) in [5, 5.41) is 14.7. The molecule has 0 spiro atoms. The number of aliphatic hydroxyl groups is 1. The van der Waals surface area contributed by atoms with Crippen LogP contribution in [0.1, 0.15) is 77.2 Å². The topological polar surface area (TPSA) is 75.6 Å². The minimum absolute atomic E-state index is 0.0115. The van der Waals surface area contributed by atoms with Crippen LogP contribution in [0, 0.1) is 11.8 Å². The van der Waals surface area contributed by atoms with Gasteiger partial charge in [-0.15, -0.1) is 0 Å². The van der Waals surface area contributed by atoms with Crippen molar-refractivity contribution >= 4 is 22.6 Å². The number of nitrogens with one attached hydrogen (secondary N) is 1. The van der Waals surface area contributed by atoms with Gasteiger partial charge in [-0.2, -0.15) is 0 Å². The van der Waals surface area contributed by atoms with Crippen molar-refractivity contribution in [2.75, 3.05) is 6.61 Å². The summed E-state index contributed by atoms with van der Waals surface area (Å²) in [7, 11) is 0. The molecule has 1 aliphatic heterocycles. The number of benzene rings is 2. The smallest absolute Gasteiger partial charge is 0.311 e. The fourth-order valence-electron chi connectivity index (χ4n) is 4.97. The zero-order valence-corrected chi connectivity index (χ0v) is 19.6. The standard InChI is InChI=1S/C27H37NO4/c1-4-5-6-7-8-9-14-24(30)32-23-16-15-21(19-12-10-11-13-20(19)23)26-22(17-29)28-27(31)25(26)18(2)3/h10-13,15-16,18,22,25-26,29H,4-9,14,17H2,1-3H3,(H,28,31)/t22-,25-,26?/m1/s1. The molecule has 174 valence electrons. The molecule has 5 nitrogen and oxygen atoms in total. The van der Waals surface area contributed by atoms with E-state index in [1.54, 1.807) is 0 Å². The van der Waals surface area contributed by atoms with Crippen molar-refractivity contribution in [2.24, 2.45) is 11.8 Å². The van der Waals surface area contributed by atoms with Crippen LogP contribution in [-0.4, -0.2) is 29.6 Å². The molecule has 3 atom stereocenters. The third kappa shape index (κ3) is 5.50. The molecule has 1 fully saturated rings. The number of amides is 1. The van der Waals surface area contributed by atoms with Crippen LogP contribution in [0.3, 0.4) is 0 Å². The number of rotatable bonds is 11. The average molecular weight is 440 g/mol. The summed E-state index contributed by atoms with van der Waals surface area (Å²) in [6, 6.07) is 11.3. The molecule has 0 bridgehead atoms. The first kappa shape index (κ1) is 24.2. The number of hydrogen-bond acceptors (Lipinski definition) is 4. The van der Waals surface area contributed by atoms with Gasteiger partial charge >= 0.3 is 5.97 Å². The van der Waals surface area contributed by atoms with Gasteiger partial charge in [-0.05, 0) is 29.4 Å².